The number of methoxy groups -OCH3 is 1. The van der Waals surface area contributed by atoms with Gasteiger partial charge in [-0.3, -0.25) is 14.6 Å². The lowest BCUT2D eigenvalue weighted by atomic mass is 9.97. The Morgan fingerprint density at radius 1 is 1.14 bits per heavy atom. The van der Waals surface area contributed by atoms with E-state index in [2.05, 4.69) is 11.6 Å². The molecular formula is C28H24N2O5. The van der Waals surface area contributed by atoms with Crippen molar-refractivity contribution < 1.29 is 18.7 Å². The van der Waals surface area contributed by atoms with E-state index in [1.54, 1.807) is 54.7 Å². The van der Waals surface area contributed by atoms with Gasteiger partial charge in [-0.25, -0.2) is 0 Å². The van der Waals surface area contributed by atoms with Gasteiger partial charge in [0.05, 0.1) is 24.1 Å². The molecule has 0 spiro atoms. The highest BCUT2D eigenvalue weighted by molar-refractivity contribution is 5.99. The van der Waals surface area contributed by atoms with Crippen molar-refractivity contribution in [2.45, 2.75) is 19.5 Å². The molecule has 0 unspecified atom stereocenters. The van der Waals surface area contributed by atoms with E-state index < -0.39 is 6.04 Å². The SMILES string of the molecule is C=CCOc1ccc([C@H]2c3c(oc4ccc(C)cc4c3=O)C(=O)N2Cc2cccnc2)cc1OC. The minimum absolute atomic E-state index is 0.0613. The first-order valence-electron chi connectivity index (χ1n) is 11.2. The van der Waals surface area contributed by atoms with Gasteiger partial charge >= 0.3 is 0 Å². The molecule has 0 fully saturated rings. The van der Waals surface area contributed by atoms with Crippen LogP contribution in [0.15, 0.2) is 82.8 Å². The van der Waals surface area contributed by atoms with Crippen LogP contribution in [0, 0.1) is 6.92 Å². The van der Waals surface area contributed by atoms with Gasteiger partial charge in [-0.15, -0.1) is 0 Å². The van der Waals surface area contributed by atoms with Crippen LogP contribution >= 0.6 is 0 Å². The summed E-state index contributed by atoms with van der Waals surface area (Å²) in [4.78, 5) is 33.2. The Hall–Kier alpha value is -4.39. The van der Waals surface area contributed by atoms with E-state index in [4.69, 9.17) is 13.9 Å². The van der Waals surface area contributed by atoms with Gasteiger partial charge in [0.15, 0.2) is 16.9 Å². The van der Waals surface area contributed by atoms with Crippen LogP contribution in [-0.4, -0.2) is 29.5 Å². The van der Waals surface area contributed by atoms with Crippen LogP contribution in [0.5, 0.6) is 11.5 Å². The van der Waals surface area contributed by atoms with Gasteiger partial charge in [-0.1, -0.05) is 36.4 Å². The zero-order valence-electron chi connectivity index (χ0n) is 19.5. The van der Waals surface area contributed by atoms with Gasteiger partial charge in [-0.2, -0.15) is 0 Å². The molecule has 0 bridgehead atoms. The predicted molar refractivity (Wildman–Crippen MR) is 132 cm³/mol. The molecule has 1 aliphatic rings. The summed E-state index contributed by atoms with van der Waals surface area (Å²) in [6.45, 7) is 6.17. The summed E-state index contributed by atoms with van der Waals surface area (Å²) in [5.74, 6) is 0.749. The highest BCUT2D eigenvalue weighted by Gasteiger charge is 2.43. The molecule has 1 atom stereocenters. The first-order valence-corrected chi connectivity index (χ1v) is 11.2. The minimum atomic E-state index is -0.666. The topological polar surface area (TPSA) is 81.9 Å². The van der Waals surface area contributed by atoms with Crippen molar-refractivity contribution in [3.63, 3.8) is 0 Å². The lowest BCUT2D eigenvalue weighted by Crippen LogP contribution is -2.29. The minimum Gasteiger partial charge on any atom is -0.493 e. The fraction of sp³-hybridized carbons (Fsp3) is 0.179. The van der Waals surface area contributed by atoms with E-state index in [0.717, 1.165) is 11.1 Å². The Morgan fingerprint density at radius 2 is 2.00 bits per heavy atom. The molecule has 0 aliphatic carbocycles. The van der Waals surface area contributed by atoms with Gasteiger partial charge in [0.1, 0.15) is 12.2 Å². The fourth-order valence-corrected chi connectivity index (χ4v) is 4.45. The molecule has 1 amide bonds. The first-order chi connectivity index (χ1) is 17.0. The van der Waals surface area contributed by atoms with E-state index in [-0.39, 0.29) is 23.6 Å². The van der Waals surface area contributed by atoms with Crippen molar-refractivity contribution >= 4 is 16.9 Å². The lowest BCUT2D eigenvalue weighted by Gasteiger charge is -2.25. The van der Waals surface area contributed by atoms with Crippen molar-refractivity contribution in [1.29, 1.82) is 0 Å². The van der Waals surface area contributed by atoms with Gasteiger partial charge in [-0.05, 0) is 48.4 Å². The molecule has 5 rings (SSSR count). The largest absolute Gasteiger partial charge is 0.493 e. The molecule has 0 saturated carbocycles. The Bertz CT molecular complexity index is 1490. The molecule has 2 aromatic carbocycles. The summed E-state index contributed by atoms with van der Waals surface area (Å²) in [5, 5.41) is 0.447. The number of aryl methyl sites for hydroxylation is 1. The number of amides is 1. The number of nitrogens with zero attached hydrogens (tertiary/aromatic N) is 2. The Labute approximate surface area is 202 Å². The monoisotopic (exact) mass is 468 g/mol. The molecule has 3 heterocycles. The van der Waals surface area contributed by atoms with Crippen molar-refractivity contribution in [2.75, 3.05) is 13.7 Å². The number of carbonyl (C=O) groups excluding carboxylic acids is 1. The standard InChI is InChI=1S/C28H24N2O5/c1-4-12-34-22-10-8-19(14-23(22)33-3)25-24-26(31)20-13-17(2)7-9-21(20)35-27(24)28(32)30(25)16-18-6-5-11-29-15-18/h4-11,13-15,25H,1,12,16H2,2-3H3/t25-/m0/s1. The molecule has 176 valence electrons. The highest BCUT2D eigenvalue weighted by atomic mass is 16.5. The number of pyridine rings is 1. The number of hydrogen-bond donors (Lipinski definition) is 0. The second-order valence-electron chi connectivity index (χ2n) is 8.38. The first kappa shape index (κ1) is 22.4. The molecule has 0 saturated heterocycles. The number of hydrogen-bond acceptors (Lipinski definition) is 6. The second-order valence-corrected chi connectivity index (χ2v) is 8.38. The van der Waals surface area contributed by atoms with Gasteiger partial charge in [0.25, 0.3) is 5.91 Å². The molecule has 35 heavy (non-hydrogen) atoms. The average Bonchev–Trinajstić information content (AvgIpc) is 3.15. The van der Waals surface area contributed by atoms with Crippen LogP contribution in [0.3, 0.4) is 0 Å². The number of fused-ring (bicyclic) bond motifs is 2. The average molecular weight is 469 g/mol. The third kappa shape index (κ3) is 3.95. The van der Waals surface area contributed by atoms with Gasteiger partial charge in [0, 0.05) is 18.9 Å². The third-order valence-corrected chi connectivity index (χ3v) is 6.06. The maximum atomic E-state index is 13.7. The molecule has 7 nitrogen and oxygen atoms in total. The number of aromatic nitrogens is 1. The van der Waals surface area contributed by atoms with E-state index in [9.17, 15) is 9.59 Å². The predicted octanol–water partition coefficient (Wildman–Crippen LogP) is 4.82. The molecule has 0 radical (unpaired) electrons. The molecular weight excluding hydrogens is 444 g/mol. The van der Waals surface area contributed by atoms with Crippen LogP contribution < -0.4 is 14.9 Å². The van der Waals surface area contributed by atoms with Gasteiger partial charge in [0.2, 0.25) is 5.76 Å². The summed E-state index contributed by atoms with van der Waals surface area (Å²) in [5.41, 5.74) is 2.97. The molecule has 4 aromatic rings. The smallest absolute Gasteiger partial charge is 0.291 e. The Kier molecular flexibility index (Phi) is 5.82. The van der Waals surface area contributed by atoms with Crippen molar-refractivity contribution in [1.82, 2.24) is 9.88 Å². The molecule has 1 aliphatic heterocycles. The highest BCUT2D eigenvalue weighted by Crippen LogP contribution is 2.41. The number of rotatable bonds is 7. The van der Waals surface area contributed by atoms with Crippen LogP contribution in [-0.2, 0) is 6.54 Å². The zero-order chi connectivity index (χ0) is 24.5. The Morgan fingerprint density at radius 3 is 2.74 bits per heavy atom. The molecule has 2 aromatic heterocycles. The maximum absolute atomic E-state index is 13.7. The van der Waals surface area contributed by atoms with Gasteiger partial charge < -0.3 is 18.8 Å². The van der Waals surface area contributed by atoms with Crippen molar-refractivity contribution in [3.8, 4) is 11.5 Å². The quantitative estimate of drug-likeness (QED) is 0.362. The van der Waals surface area contributed by atoms with Crippen molar-refractivity contribution in [3.05, 3.63) is 112 Å². The van der Waals surface area contributed by atoms with Crippen molar-refractivity contribution in [2.24, 2.45) is 0 Å². The second kappa shape index (κ2) is 9.10. The van der Waals surface area contributed by atoms with Crippen LogP contribution in [0.1, 0.15) is 38.9 Å². The summed E-state index contributed by atoms with van der Waals surface area (Å²) in [6, 6.07) is 13.8. The fourth-order valence-electron chi connectivity index (χ4n) is 4.45. The van der Waals surface area contributed by atoms with E-state index in [0.29, 0.717) is 40.2 Å². The maximum Gasteiger partial charge on any atom is 0.291 e. The normalized spacial score (nSPS) is 14.7. The lowest BCUT2D eigenvalue weighted by molar-refractivity contribution is 0.0714. The number of benzene rings is 2. The zero-order valence-corrected chi connectivity index (χ0v) is 19.5. The van der Waals surface area contributed by atoms with Crippen LogP contribution in [0.2, 0.25) is 0 Å². The summed E-state index contributed by atoms with van der Waals surface area (Å²) in [7, 11) is 1.55. The number of ether oxygens (including phenoxy) is 2. The summed E-state index contributed by atoms with van der Waals surface area (Å²) >= 11 is 0. The van der Waals surface area contributed by atoms with E-state index >= 15 is 0 Å². The van der Waals surface area contributed by atoms with Crippen LogP contribution in [0.4, 0.5) is 0 Å². The van der Waals surface area contributed by atoms with Crippen LogP contribution in [0.25, 0.3) is 11.0 Å². The Balaban J connectivity index is 1.70. The number of carbonyl (C=O) groups is 1. The molecule has 0 N–H and O–H groups in total. The molecule has 7 heteroatoms. The van der Waals surface area contributed by atoms with E-state index in [1.807, 2.05) is 31.2 Å². The summed E-state index contributed by atoms with van der Waals surface area (Å²) < 4.78 is 17.3. The third-order valence-electron chi connectivity index (χ3n) is 6.06. The summed E-state index contributed by atoms with van der Waals surface area (Å²) in [6.07, 6.45) is 5.02. The van der Waals surface area contributed by atoms with E-state index in [1.165, 1.54) is 0 Å².